The van der Waals surface area contributed by atoms with Gasteiger partial charge < -0.3 is 5.32 Å². The maximum atomic E-state index is 11.8. The lowest BCUT2D eigenvalue weighted by Crippen LogP contribution is -2.22. The first kappa shape index (κ1) is 15.4. The van der Waals surface area contributed by atoms with Gasteiger partial charge in [0.15, 0.2) is 5.82 Å². The Hall–Kier alpha value is -0.660. The Morgan fingerprint density at radius 2 is 2.17 bits per heavy atom. The highest BCUT2D eigenvalue weighted by Gasteiger charge is 2.12. The van der Waals surface area contributed by atoms with Crippen LogP contribution in [0, 0.1) is 0 Å². The number of hydrogen-bond acceptors (Lipinski definition) is 4. The lowest BCUT2D eigenvalue weighted by Gasteiger charge is -2.08. The van der Waals surface area contributed by atoms with Gasteiger partial charge in [-0.1, -0.05) is 6.92 Å². The summed E-state index contributed by atoms with van der Waals surface area (Å²) in [6.07, 6.45) is 3.18. The first-order chi connectivity index (χ1) is 8.55. The molecule has 0 radical (unpaired) electrons. The fourth-order valence-corrected chi connectivity index (χ4v) is 2.92. The summed E-state index contributed by atoms with van der Waals surface area (Å²) < 4.78 is 26.7. The van der Waals surface area contributed by atoms with Gasteiger partial charge in [-0.15, -0.1) is 0 Å². The van der Waals surface area contributed by atoms with E-state index in [0.717, 1.165) is 13.0 Å². The van der Waals surface area contributed by atoms with Crippen molar-refractivity contribution in [2.75, 3.05) is 23.6 Å². The van der Waals surface area contributed by atoms with Crippen LogP contribution in [0.5, 0.6) is 0 Å². The van der Waals surface area contributed by atoms with Crippen LogP contribution in [-0.4, -0.2) is 32.2 Å². The van der Waals surface area contributed by atoms with Crippen LogP contribution in [0.25, 0.3) is 0 Å². The van der Waals surface area contributed by atoms with Gasteiger partial charge in [-0.3, -0.25) is 4.72 Å². The fraction of sp³-hybridized carbons (Fsp3) is 0.545. The summed E-state index contributed by atoms with van der Waals surface area (Å²) >= 11 is 3.25. The lowest BCUT2D eigenvalue weighted by molar-refractivity contribution is 0.593. The molecule has 0 aliphatic rings. The second-order valence-corrected chi connectivity index (χ2v) is 6.55. The molecule has 0 aliphatic heterocycles. The van der Waals surface area contributed by atoms with Gasteiger partial charge >= 0.3 is 0 Å². The third-order valence-corrected chi connectivity index (χ3v) is 4.17. The standard InChI is InChI=1S/C11H18BrN3O2S/c1-2-6-13-7-4-9-18(16,17)15-11-10(12)5-3-8-14-11/h3,5,8,13H,2,4,6-7,9H2,1H3,(H,14,15). The number of anilines is 1. The van der Waals surface area contributed by atoms with Crippen molar-refractivity contribution in [3.05, 3.63) is 22.8 Å². The van der Waals surface area contributed by atoms with Crippen LogP contribution >= 0.6 is 15.9 Å². The quantitative estimate of drug-likeness (QED) is 0.712. The second kappa shape index (κ2) is 7.70. The molecule has 1 rings (SSSR count). The van der Waals surface area contributed by atoms with Crippen LogP contribution in [-0.2, 0) is 10.0 Å². The number of hydrogen-bond donors (Lipinski definition) is 2. The zero-order valence-corrected chi connectivity index (χ0v) is 12.7. The van der Waals surface area contributed by atoms with Crippen LogP contribution in [0.15, 0.2) is 22.8 Å². The summed E-state index contributed by atoms with van der Waals surface area (Å²) in [4.78, 5) is 3.97. The van der Waals surface area contributed by atoms with E-state index in [0.29, 0.717) is 23.3 Å². The van der Waals surface area contributed by atoms with Crippen LogP contribution < -0.4 is 10.0 Å². The summed E-state index contributed by atoms with van der Waals surface area (Å²) in [7, 11) is -3.33. The number of rotatable bonds is 8. The predicted octanol–water partition coefficient (Wildman–Crippen LogP) is 1.98. The maximum absolute atomic E-state index is 11.8. The van der Waals surface area contributed by atoms with Gasteiger partial charge in [0.25, 0.3) is 0 Å². The molecular weight excluding hydrogens is 318 g/mol. The molecule has 1 aromatic heterocycles. The van der Waals surface area contributed by atoms with Gasteiger partial charge in [0, 0.05) is 6.20 Å². The van der Waals surface area contributed by atoms with E-state index in [1.165, 1.54) is 0 Å². The normalized spacial score (nSPS) is 11.4. The van der Waals surface area contributed by atoms with Gasteiger partial charge in [0.1, 0.15) is 0 Å². The molecular formula is C11H18BrN3O2S. The zero-order valence-electron chi connectivity index (χ0n) is 10.3. The average molecular weight is 336 g/mol. The van der Waals surface area contributed by atoms with E-state index >= 15 is 0 Å². The van der Waals surface area contributed by atoms with Crippen molar-refractivity contribution in [1.82, 2.24) is 10.3 Å². The van der Waals surface area contributed by atoms with Gasteiger partial charge in [-0.05, 0) is 54.0 Å². The minimum atomic E-state index is -3.33. The highest BCUT2D eigenvalue weighted by atomic mass is 79.9. The molecule has 0 amide bonds. The van der Waals surface area contributed by atoms with Gasteiger partial charge in [0.2, 0.25) is 10.0 Å². The second-order valence-electron chi connectivity index (χ2n) is 3.86. The van der Waals surface area contributed by atoms with E-state index < -0.39 is 10.0 Å². The average Bonchev–Trinajstić information content (AvgIpc) is 2.31. The van der Waals surface area contributed by atoms with Crippen molar-refractivity contribution in [3.8, 4) is 0 Å². The predicted molar refractivity (Wildman–Crippen MR) is 77.1 cm³/mol. The molecule has 1 heterocycles. The first-order valence-electron chi connectivity index (χ1n) is 5.87. The molecule has 2 N–H and O–H groups in total. The molecule has 0 unspecified atom stereocenters. The lowest BCUT2D eigenvalue weighted by atomic mass is 10.4. The van der Waals surface area contributed by atoms with E-state index in [-0.39, 0.29) is 5.75 Å². The van der Waals surface area contributed by atoms with Crippen molar-refractivity contribution in [2.24, 2.45) is 0 Å². The molecule has 0 bridgehead atoms. The zero-order chi connectivity index (χ0) is 13.4. The number of halogens is 1. The molecule has 7 heteroatoms. The Labute approximate surface area is 117 Å². The number of aromatic nitrogens is 1. The van der Waals surface area contributed by atoms with Crippen LogP contribution in [0.1, 0.15) is 19.8 Å². The molecule has 0 fully saturated rings. The molecule has 0 spiro atoms. The highest BCUT2D eigenvalue weighted by Crippen LogP contribution is 2.19. The first-order valence-corrected chi connectivity index (χ1v) is 8.31. The monoisotopic (exact) mass is 335 g/mol. The topological polar surface area (TPSA) is 71.1 Å². The van der Waals surface area contributed by atoms with Crippen LogP contribution in [0.4, 0.5) is 5.82 Å². The summed E-state index contributed by atoms with van der Waals surface area (Å²) in [6.45, 7) is 3.70. The summed E-state index contributed by atoms with van der Waals surface area (Å²) in [5.41, 5.74) is 0. The van der Waals surface area contributed by atoms with E-state index in [2.05, 4.69) is 37.9 Å². The molecule has 18 heavy (non-hydrogen) atoms. The Balaban J connectivity index is 2.43. The van der Waals surface area contributed by atoms with Crippen molar-refractivity contribution in [2.45, 2.75) is 19.8 Å². The molecule has 0 aliphatic carbocycles. The number of nitrogens with zero attached hydrogens (tertiary/aromatic N) is 1. The number of nitrogens with one attached hydrogen (secondary N) is 2. The molecule has 5 nitrogen and oxygen atoms in total. The van der Waals surface area contributed by atoms with E-state index in [1.54, 1.807) is 18.3 Å². The molecule has 0 atom stereocenters. The minimum Gasteiger partial charge on any atom is -0.317 e. The molecule has 0 saturated carbocycles. The van der Waals surface area contributed by atoms with Gasteiger partial charge in [-0.2, -0.15) is 0 Å². The SMILES string of the molecule is CCCNCCCS(=O)(=O)Nc1ncccc1Br. The van der Waals surface area contributed by atoms with Crippen LogP contribution in [0.3, 0.4) is 0 Å². The molecule has 102 valence electrons. The number of pyridine rings is 1. The van der Waals surface area contributed by atoms with Crippen molar-refractivity contribution in [1.29, 1.82) is 0 Å². The molecule has 0 saturated heterocycles. The summed E-state index contributed by atoms with van der Waals surface area (Å²) in [5.74, 6) is 0.422. The maximum Gasteiger partial charge on any atom is 0.233 e. The Kier molecular flexibility index (Phi) is 6.59. The van der Waals surface area contributed by atoms with Crippen LogP contribution in [0.2, 0.25) is 0 Å². The van der Waals surface area contributed by atoms with E-state index in [4.69, 9.17) is 0 Å². The Bertz CT molecular complexity index is 465. The molecule has 0 aromatic carbocycles. The number of sulfonamides is 1. The summed E-state index contributed by atoms with van der Waals surface area (Å²) in [6, 6.07) is 3.48. The van der Waals surface area contributed by atoms with E-state index in [1.807, 2.05) is 0 Å². The molecule has 1 aromatic rings. The van der Waals surface area contributed by atoms with Gasteiger partial charge in [0.05, 0.1) is 10.2 Å². The Morgan fingerprint density at radius 1 is 1.39 bits per heavy atom. The van der Waals surface area contributed by atoms with Crippen molar-refractivity contribution >= 4 is 31.8 Å². The van der Waals surface area contributed by atoms with Crippen molar-refractivity contribution in [3.63, 3.8) is 0 Å². The minimum absolute atomic E-state index is 0.0900. The largest absolute Gasteiger partial charge is 0.317 e. The third kappa shape index (κ3) is 5.79. The summed E-state index contributed by atoms with van der Waals surface area (Å²) in [5, 5.41) is 3.17. The third-order valence-electron chi connectivity index (χ3n) is 2.20. The highest BCUT2D eigenvalue weighted by molar-refractivity contribution is 9.10. The smallest absolute Gasteiger partial charge is 0.233 e. The van der Waals surface area contributed by atoms with E-state index in [9.17, 15) is 8.42 Å². The Morgan fingerprint density at radius 3 is 2.83 bits per heavy atom. The van der Waals surface area contributed by atoms with Crippen molar-refractivity contribution < 1.29 is 8.42 Å². The fourth-order valence-electron chi connectivity index (χ4n) is 1.35. The van der Waals surface area contributed by atoms with Gasteiger partial charge in [-0.25, -0.2) is 13.4 Å².